The molecule has 1 aliphatic rings. The Labute approximate surface area is 175 Å². The molecule has 0 bridgehead atoms. The SMILES string of the molecule is Cc1ccc(C2(c3ccccc3)NC(=O)N(Cc3cccc(C#N)c3)C2=O)cc1C. The number of carbonyl (C=O) groups excluding carboxylic acids is 2. The van der Waals surface area contributed by atoms with E-state index in [1.807, 2.05) is 62.4 Å². The minimum absolute atomic E-state index is 0.0968. The Kier molecular flexibility index (Phi) is 4.85. The molecule has 3 amide bonds. The van der Waals surface area contributed by atoms with E-state index in [4.69, 9.17) is 5.26 Å². The highest BCUT2D eigenvalue weighted by molar-refractivity contribution is 6.09. The third-order valence-corrected chi connectivity index (χ3v) is 5.65. The summed E-state index contributed by atoms with van der Waals surface area (Å²) in [5.74, 6) is -0.329. The average Bonchev–Trinajstić information content (AvgIpc) is 3.02. The lowest BCUT2D eigenvalue weighted by molar-refractivity contribution is -0.130. The molecule has 3 aromatic rings. The van der Waals surface area contributed by atoms with Gasteiger partial charge in [0.25, 0.3) is 5.91 Å². The van der Waals surface area contributed by atoms with Gasteiger partial charge in [-0.2, -0.15) is 5.26 Å². The van der Waals surface area contributed by atoms with E-state index in [2.05, 4.69) is 11.4 Å². The minimum atomic E-state index is -1.29. The molecule has 4 rings (SSSR count). The number of amides is 3. The van der Waals surface area contributed by atoms with Gasteiger partial charge in [-0.3, -0.25) is 9.69 Å². The number of aryl methyl sites for hydroxylation is 2. The van der Waals surface area contributed by atoms with Crippen LogP contribution in [-0.2, 0) is 16.9 Å². The molecule has 1 atom stereocenters. The summed E-state index contributed by atoms with van der Waals surface area (Å²) in [6.45, 7) is 4.10. The first-order valence-corrected chi connectivity index (χ1v) is 9.72. The second-order valence-corrected chi connectivity index (χ2v) is 7.55. The van der Waals surface area contributed by atoms with Crippen molar-refractivity contribution in [1.82, 2.24) is 10.2 Å². The van der Waals surface area contributed by atoms with E-state index in [-0.39, 0.29) is 12.5 Å². The van der Waals surface area contributed by atoms with Gasteiger partial charge in [0, 0.05) is 0 Å². The molecule has 0 saturated carbocycles. The van der Waals surface area contributed by atoms with Gasteiger partial charge in [-0.25, -0.2) is 4.79 Å². The number of imide groups is 1. The molecular weight excluding hydrogens is 374 g/mol. The fourth-order valence-corrected chi connectivity index (χ4v) is 3.86. The summed E-state index contributed by atoms with van der Waals surface area (Å²) in [4.78, 5) is 28.0. The molecule has 148 valence electrons. The van der Waals surface area contributed by atoms with Crippen LogP contribution in [0.5, 0.6) is 0 Å². The van der Waals surface area contributed by atoms with Crippen molar-refractivity contribution < 1.29 is 9.59 Å². The normalized spacial score (nSPS) is 18.2. The van der Waals surface area contributed by atoms with Crippen LogP contribution >= 0.6 is 0 Å². The number of hydrogen-bond donors (Lipinski definition) is 1. The van der Waals surface area contributed by atoms with E-state index in [0.717, 1.165) is 22.3 Å². The topological polar surface area (TPSA) is 73.2 Å². The van der Waals surface area contributed by atoms with Crippen LogP contribution in [0.15, 0.2) is 72.8 Å². The summed E-state index contributed by atoms with van der Waals surface area (Å²) in [7, 11) is 0. The third kappa shape index (κ3) is 3.13. The van der Waals surface area contributed by atoms with E-state index < -0.39 is 11.6 Å². The van der Waals surface area contributed by atoms with Gasteiger partial charge in [0.2, 0.25) is 0 Å². The van der Waals surface area contributed by atoms with Crippen molar-refractivity contribution in [1.29, 1.82) is 5.26 Å². The predicted octanol–water partition coefficient (Wildman–Crippen LogP) is 4.17. The highest BCUT2D eigenvalue weighted by Gasteiger charge is 2.53. The van der Waals surface area contributed by atoms with E-state index in [1.165, 1.54) is 4.90 Å². The molecule has 0 radical (unpaired) electrons. The summed E-state index contributed by atoms with van der Waals surface area (Å²) in [6, 6.07) is 23.7. The Hall–Kier alpha value is -3.91. The molecule has 1 heterocycles. The van der Waals surface area contributed by atoms with Crippen molar-refractivity contribution in [3.63, 3.8) is 0 Å². The van der Waals surface area contributed by atoms with Crippen LogP contribution in [0.4, 0.5) is 4.79 Å². The maximum absolute atomic E-state index is 13.8. The molecule has 1 unspecified atom stereocenters. The summed E-state index contributed by atoms with van der Waals surface area (Å²) in [6.07, 6.45) is 0. The standard InChI is InChI=1S/C25H21N3O2/c1-17-11-12-22(13-18(17)2)25(21-9-4-3-5-10-21)23(29)28(24(30)27-25)16-20-8-6-7-19(14-20)15-26/h3-14H,16H2,1-2H3,(H,27,30). The zero-order valence-corrected chi connectivity index (χ0v) is 16.8. The quantitative estimate of drug-likeness (QED) is 0.674. The van der Waals surface area contributed by atoms with Crippen molar-refractivity contribution in [3.8, 4) is 6.07 Å². The van der Waals surface area contributed by atoms with Gasteiger partial charge >= 0.3 is 6.03 Å². The molecule has 1 N–H and O–H groups in total. The van der Waals surface area contributed by atoms with Crippen LogP contribution in [0, 0.1) is 25.2 Å². The molecule has 0 aromatic heterocycles. The molecular formula is C25H21N3O2. The highest BCUT2D eigenvalue weighted by atomic mass is 16.2. The molecule has 5 heteroatoms. The molecule has 1 fully saturated rings. The maximum Gasteiger partial charge on any atom is 0.325 e. The summed E-state index contributed by atoms with van der Waals surface area (Å²) in [5, 5.41) is 12.1. The lowest BCUT2D eigenvalue weighted by Gasteiger charge is -2.28. The molecule has 0 spiro atoms. The average molecular weight is 395 g/mol. The van der Waals surface area contributed by atoms with Crippen LogP contribution in [-0.4, -0.2) is 16.8 Å². The molecule has 30 heavy (non-hydrogen) atoms. The predicted molar refractivity (Wildman–Crippen MR) is 113 cm³/mol. The van der Waals surface area contributed by atoms with E-state index in [9.17, 15) is 9.59 Å². The van der Waals surface area contributed by atoms with Crippen molar-refractivity contribution in [2.75, 3.05) is 0 Å². The van der Waals surface area contributed by atoms with Gasteiger partial charge in [0.15, 0.2) is 5.54 Å². The van der Waals surface area contributed by atoms with Crippen LogP contribution < -0.4 is 5.32 Å². The van der Waals surface area contributed by atoms with E-state index in [1.54, 1.807) is 24.3 Å². The molecule has 0 aliphatic carbocycles. The zero-order valence-electron chi connectivity index (χ0n) is 16.8. The van der Waals surface area contributed by atoms with Crippen LogP contribution in [0.25, 0.3) is 0 Å². The lowest BCUT2D eigenvalue weighted by atomic mass is 9.81. The van der Waals surface area contributed by atoms with Crippen LogP contribution in [0.3, 0.4) is 0 Å². The number of nitriles is 1. The Balaban J connectivity index is 1.81. The number of carbonyl (C=O) groups is 2. The fourth-order valence-electron chi connectivity index (χ4n) is 3.86. The Morgan fingerprint density at radius 2 is 1.67 bits per heavy atom. The minimum Gasteiger partial charge on any atom is -0.315 e. The van der Waals surface area contributed by atoms with Gasteiger partial charge in [-0.05, 0) is 53.8 Å². The number of nitrogens with one attached hydrogen (secondary N) is 1. The largest absolute Gasteiger partial charge is 0.325 e. The van der Waals surface area contributed by atoms with E-state index >= 15 is 0 Å². The van der Waals surface area contributed by atoms with Gasteiger partial charge in [0.05, 0.1) is 18.2 Å². The van der Waals surface area contributed by atoms with Gasteiger partial charge < -0.3 is 5.32 Å². The lowest BCUT2D eigenvalue weighted by Crippen LogP contribution is -2.45. The molecule has 5 nitrogen and oxygen atoms in total. The Morgan fingerprint density at radius 1 is 0.900 bits per heavy atom. The zero-order chi connectivity index (χ0) is 21.3. The monoisotopic (exact) mass is 395 g/mol. The first-order valence-electron chi connectivity index (χ1n) is 9.72. The highest BCUT2D eigenvalue weighted by Crippen LogP contribution is 2.37. The molecule has 3 aromatic carbocycles. The van der Waals surface area contributed by atoms with Gasteiger partial charge in [0.1, 0.15) is 0 Å². The maximum atomic E-state index is 13.8. The fraction of sp³-hybridized carbons (Fsp3) is 0.160. The van der Waals surface area contributed by atoms with Gasteiger partial charge in [-0.1, -0.05) is 60.7 Å². The number of benzene rings is 3. The summed E-state index contributed by atoms with van der Waals surface area (Å²) >= 11 is 0. The van der Waals surface area contributed by atoms with Crippen LogP contribution in [0.1, 0.15) is 33.4 Å². The number of rotatable bonds is 4. The molecule has 1 aliphatic heterocycles. The van der Waals surface area contributed by atoms with Gasteiger partial charge in [-0.15, -0.1) is 0 Å². The number of urea groups is 1. The molecule has 1 saturated heterocycles. The van der Waals surface area contributed by atoms with Crippen molar-refractivity contribution >= 4 is 11.9 Å². The van der Waals surface area contributed by atoms with Crippen LogP contribution in [0.2, 0.25) is 0 Å². The number of hydrogen-bond acceptors (Lipinski definition) is 3. The van der Waals surface area contributed by atoms with Crippen molar-refractivity contribution in [2.45, 2.75) is 25.9 Å². The smallest absolute Gasteiger partial charge is 0.315 e. The van der Waals surface area contributed by atoms with Crippen molar-refractivity contribution in [2.24, 2.45) is 0 Å². The van der Waals surface area contributed by atoms with E-state index in [0.29, 0.717) is 11.1 Å². The Morgan fingerprint density at radius 3 is 2.37 bits per heavy atom. The number of nitrogens with zero attached hydrogens (tertiary/aromatic N) is 2. The third-order valence-electron chi connectivity index (χ3n) is 5.65. The Bertz CT molecular complexity index is 1180. The first-order chi connectivity index (χ1) is 14.5. The van der Waals surface area contributed by atoms with Crippen molar-refractivity contribution in [3.05, 3.63) is 106 Å². The second-order valence-electron chi connectivity index (χ2n) is 7.55. The summed E-state index contributed by atoms with van der Waals surface area (Å²) in [5.41, 5.74) is 3.52. The first kappa shape index (κ1) is 19.4. The summed E-state index contributed by atoms with van der Waals surface area (Å²) < 4.78 is 0. The second kappa shape index (κ2) is 7.49.